The van der Waals surface area contributed by atoms with Crippen LogP contribution in [0.4, 0.5) is 5.95 Å². The highest BCUT2D eigenvalue weighted by Gasteiger charge is 2.19. The maximum Gasteiger partial charge on any atom is 0.256 e. The lowest BCUT2D eigenvalue weighted by Crippen LogP contribution is -2.27. The second-order valence-corrected chi connectivity index (χ2v) is 5.81. The number of carbonyl (C=O) groups is 1. The van der Waals surface area contributed by atoms with Gasteiger partial charge in [-0.1, -0.05) is 30.3 Å². The van der Waals surface area contributed by atoms with Crippen LogP contribution in [0.2, 0.25) is 0 Å². The molecule has 0 atom stereocenters. The summed E-state index contributed by atoms with van der Waals surface area (Å²) in [5.74, 6) is 0.620. The van der Waals surface area contributed by atoms with E-state index in [1.54, 1.807) is 12.4 Å². The fourth-order valence-electron chi connectivity index (χ4n) is 2.77. The van der Waals surface area contributed by atoms with Crippen molar-refractivity contribution >= 4 is 11.9 Å². The van der Waals surface area contributed by atoms with E-state index in [-0.39, 0.29) is 5.91 Å². The molecule has 1 amide bonds. The minimum Gasteiger partial charge on any atom is -0.354 e. The Balaban J connectivity index is 1.45. The van der Waals surface area contributed by atoms with Gasteiger partial charge in [0.05, 0.1) is 5.56 Å². The summed E-state index contributed by atoms with van der Waals surface area (Å²) in [6, 6.07) is 10.4. The Bertz CT molecular complexity index is 621. The molecule has 0 aliphatic carbocycles. The Morgan fingerprint density at radius 3 is 2.48 bits per heavy atom. The van der Waals surface area contributed by atoms with Crippen LogP contribution in [-0.2, 0) is 6.42 Å². The smallest absolute Gasteiger partial charge is 0.256 e. The Labute approximate surface area is 136 Å². The highest BCUT2D eigenvalue weighted by Crippen LogP contribution is 2.12. The molecule has 0 bridgehead atoms. The summed E-state index contributed by atoms with van der Waals surface area (Å²) in [6.07, 6.45) is 7.46. The van der Waals surface area contributed by atoms with Crippen molar-refractivity contribution in [3.63, 3.8) is 0 Å². The summed E-state index contributed by atoms with van der Waals surface area (Å²) in [7, 11) is 0. The Morgan fingerprint density at radius 1 is 1.09 bits per heavy atom. The lowest BCUT2D eigenvalue weighted by Gasteiger charge is -2.14. The summed E-state index contributed by atoms with van der Waals surface area (Å²) in [5, 5.41) is 3.20. The number of carbonyl (C=O) groups excluding carboxylic acids is 1. The highest BCUT2D eigenvalue weighted by molar-refractivity contribution is 5.93. The zero-order valence-electron chi connectivity index (χ0n) is 13.2. The number of aryl methyl sites for hydroxylation is 1. The van der Waals surface area contributed by atoms with Crippen LogP contribution in [0.15, 0.2) is 42.7 Å². The predicted octanol–water partition coefficient (Wildman–Crippen LogP) is 2.76. The molecular weight excluding hydrogens is 288 g/mol. The molecule has 2 aromatic rings. The minimum atomic E-state index is 0.0399. The van der Waals surface area contributed by atoms with Crippen LogP contribution in [-0.4, -0.2) is 40.4 Å². The SMILES string of the molecule is O=C(c1cnc(NCCCc2ccccc2)nc1)N1CCCC1. The van der Waals surface area contributed by atoms with E-state index in [4.69, 9.17) is 0 Å². The van der Waals surface area contributed by atoms with Crippen LogP contribution in [0, 0.1) is 0 Å². The molecule has 0 unspecified atom stereocenters. The molecule has 1 saturated heterocycles. The van der Waals surface area contributed by atoms with E-state index in [1.807, 2.05) is 11.0 Å². The quantitative estimate of drug-likeness (QED) is 0.834. The molecule has 0 spiro atoms. The van der Waals surface area contributed by atoms with Gasteiger partial charge < -0.3 is 10.2 Å². The van der Waals surface area contributed by atoms with Crippen molar-refractivity contribution in [2.75, 3.05) is 25.0 Å². The molecule has 23 heavy (non-hydrogen) atoms. The molecule has 1 aliphatic heterocycles. The van der Waals surface area contributed by atoms with Crippen molar-refractivity contribution < 1.29 is 4.79 Å². The summed E-state index contributed by atoms with van der Waals surface area (Å²) < 4.78 is 0. The summed E-state index contributed by atoms with van der Waals surface area (Å²) in [5.41, 5.74) is 1.91. The number of nitrogens with one attached hydrogen (secondary N) is 1. The van der Waals surface area contributed by atoms with Gasteiger partial charge in [0.25, 0.3) is 5.91 Å². The van der Waals surface area contributed by atoms with E-state index < -0.39 is 0 Å². The van der Waals surface area contributed by atoms with E-state index in [1.165, 1.54) is 5.56 Å². The lowest BCUT2D eigenvalue weighted by molar-refractivity contribution is 0.0792. The maximum atomic E-state index is 12.2. The highest BCUT2D eigenvalue weighted by atomic mass is 16.2. The molecule has 3 rings (SSSR count). The average molecular weight is 310 g/mol. The Kier molecular flexibility index (Phi) is 5.19. The van der Waals surface area contributed by atoms with Gasteiger partial charge in [-0.25, -0.2) is 9.97 Å². The van der Waals surface area contributed by atoms with Crippen molar-refractivity contribution in [2.24, 2.45) is 0 Å². The van der Waals surface area contributed by atoms with Crippen molar-refractivity contribution in [2.45, 2.75) is 25.7 Å². The molecule has 1 aromatic heterocycles. The van der Waals surface area contributed by atoms with Crippen molar-refractivity contribution in [3.8, 4) is 0 Å². The first-order valence-corrected chi connectivity index (χ1v) is 8.22. The topological polar surface area (TPSA) is 58.1 Å². The summed E-state index contributed by atoms with van der Waals surface area (Å²) in [6.45, 7) is 2.50. The van der Waals surface area contributed by atoms with Gasteiger partial charge in [0.15, 0.2) is 0 Å². The molecule has 0 saturated carbocycles. The molecule has 0 radical (unpaired) electrons. The fraction of sp³-hybridized carbons (Fsp3) is 0.389. The van der Waals surface area contributed by atoms with E-state index in [0.717, 1.165) is 45.3 Å². The van der Waals surface area contributed by atoms with Crippen LogP contribution in [0.5, 0.6) is 0 Å². The van der Waals surface area contributed by atoms with Gasteiger partial charge in [-0.05, 0) is 31.2 Å². The minimum absolute atomic E-state index is 0.0399. The van der Waals surface area contributed by atoms with Gasteiger partial charge in [-0.2, -0.15) is 0 Å². The number of anilines is 1. The molecule has 5 nitrogen and oxygen atoms in total. The molecule has 5 heteroatoms. The first-order chi connectivity index (χ1) is 11.3. The van der Waals surface area contributed by atoms with E-state index in [2.05, 4.69) is 39.6 Å². The van der Waals surface area contributed by atoms with Crippen molar-refractivity contribution in [1.82, 2.24) is 14.9 Å². The van der Waals surface area contributed by atoms with E-state index in [9.17, 15) is 4.79 Å². The molecule has 1 aromatic carbocycles. The van der Waals surface area contributed by atoms with E-state index in [0.29, 0.717) is 11.5 Å². The fourth-order valence-corrected chi connectivity index (χ4v) is 2.77. The Hall–Kier alpha value is -2.43. The van der Waals surface area contributed by atoms with E-state index >= 15 is 0 Å². The second-order valence-electron chi connectivity index (χ2n) is 5.81. The van der Waals surface area contributed by atoms with Crippen LogP contribution in [0.25, 0.3) is 0 Å². The number of aromatic nitrogens is 2. The van der Waals surface area contributed by atoms with Gasteiger partial charge in [0.2, 0.25) is 5.95 Å². The molecule has 1 fully saturated rings. The predicted molar refractivity (Wildman–Crippen MR) is 90.4 cm³/mol. The first kappa shape index (κ1) is 15.5. The number of benzene rings is 1. The van der Waals surface area contributed by atoms with Crippen LogP contribution >= 0.6 is 0 Å². The third-order valence-corrected chi connectivity index (χ3v) is 4.06. The van der Waals surface area contributed by atoms with Gasteiger partial charge in [0.1, 0.15) is 0 Å². The number of rotatable bonds is 6. The van der Waals surface area contributed by atoms with Crippen LogP contribution in [0.3, 0.4) is 0 Å². The average Bonchev–Trinajstić information content (AvgIpc) is 3.14. The van der Waals surface area contributed by atoms with Crippen LogP contribution < -0.4 is 5.32 Å². The number of amides is 1. The molecule has 120 valence electrons. The maximum absolute atomic E-state index is 12.2. The molecule has 2 heterocycles. The standard InChI is InChI=1S/C18H22N4O/c23-17(22-11-4-5-12-22)16-13-20-18(21-14-16)19-10-6-9-15-7-2-1-3-8-15/h1-3,7-8,13-14H,4-6,9-12H2,(H,19,20,21). The third kappa shape index (κ3) is 4.28. The van der Waals surface area contributed by atoms with Gasteiger partial charge in [0, 0.05) is 32.0 Å². The first-order valence-electron chi connectivity index (χ1n) is 8.22. The molecule has 1 N–H and O–H groups in total. The summed E-state index contributed by atoms with van der Waals surface area (Å²) in [4.78, 5) is 22.6. The Morgan fingerprint density at radius 2 is 1.78 bits per heavy atom. The van der Waals surface area contributed by atoms with Crippen molar-refractivity contribution in [1.29, 1.82) is 0 Å². The largest absolute Gasteiger partial charge is 0.354 e. The number of nitrogens with zero attached hydrogens (tertiary/aromatic N) is 3. The normalized spacial score (nSPS) is 14.0. The molecular formula is C18H22N4O. The summed E-state index contributed by atoms with van der Waals surface area (Å²) >= 11 is 0. The second kappa shape index (κ2) is 7.72. The zero-order valence-corrected chi connectivity index (χ0v) is 13.2. The molecule has 1 aliphatic rings. The number of hydrogen-bond donors (Lipinski definition) is 1. The number of likely N-dealkylation sites (tertiary alicyclic amines) is 1. The monoisotopic (exact) mass is 310 g/mol. The van der Waals surface area contributed by atoms with Gasteiger partial charge >= 0.3 is 0 Å². The van der Waals surface area contributed by atoms with Crippen LogP contribution in [0.1, 0.15) is 35.2 Å². The zero-order chi connectivity index (χ0) is 15.9. The van der Waals surface area contributed by atoms with Gasteiger partial charge in [-0.3, -0.25) is 4.79 Å². The number of hydrogen-bond acceptors (Lipinski definition) is 4. The van der Waals surface area contributed by atoms with Crippen molar-refractivity contribution in [3.05, 3.63) is 53.9 Å². The van der Waals surface area contributed by atoms with Gasteiger partial charge in [-0.15, -0.1) is 0 Å². The third-order valence-electron chi connectivity index (χ3n) is 4.06. The lowest BCUT2D eigenvalue weighted by atomic mass is 10.1.